The fraction of sp³-hybridized carbons (Fsp3) is 0.462. The van der Waals surface area contributed by atoms with Gasteiger partial charge in [-0.15, -0.1) is 0 Å². The van der Waals surface area contributed by atoms with Crippen LogP contribution in [-0.4, -0.2) is 16.6 Å². The van der Waals surface area contributed by atoms with Gasteiger partial charge in [0.25, 0.3) is 5.91 Å². The number of amides is 1. The van der Waals surface area contributed by atoms with Crippen molar-refractivity contribution in [1.29, 1.82) is 0 Å². The van der Waals surface area contributed by atoms with Gasteiger partial charge in [-0.1, -0.05) is 29.8 Å². The average molecular weight is 254 g/mol. The van der Waals surface area contributed by atoms with Crippen LogP contribution >= 0.6 is 11.6 Å². The molecule has 0 bridgehead atoms. The van der Waals surface area contributed by atoms with Gasteiger partial charge < -0.3 is 10.4 Å². The van der Waals surface area contributed by atoms with Crippen molar-refractivity contribution in [3.05, 3.63) is 34.9 Å². The summed E-state index contributed by atoms with van der Waals surface area (Å²) in [5.41, 5.74) is -0.301. The number of hydrogen-bond donors (Lipinski definition) is 2. The summed E-state index contributed by atoms with van der Waals surface area (Å²) in [5.74, 6) is -0.282. The predicted molar refractivity (Wildman–Crippen MR) is 66.7 cm³/mol. The molecule has 0 heterocycles. The van der Waals surface area contributed by atoms with Crippen molar-refractivity contribution in [3.63, 3.8) is 0 Å². The third-order valence-corrected chi connectivity index (χ3v) is 3.62. The highest BCUT2D eigenvalue weighted by molar-refractivity contribution is 6.31. The Balaban J connectivity index is 1.94. The minimum absolute atomic E-state index is 0.282. The molecule has 1 saturated carbocycles. The quantitative estimate of drug-likeness (QED) is 0.868. The Hall–Kier alpha value is -1.06. The van der Waals surface area contributed by atoms with Gasteiger partial charge in [-0.2, -0.15) is 0 Å². The van der Waals surface area contributed by atoms with Crippen molar-refractivity contribution in [2.24, 2.45) is 0 Å². The molecule has 0 atom stereocenters. The van der Waals surface area contributed by atoms with Gasteiger partial charge >= 0.3 is 0 Å². The topological polar surface area (TPSA) is 49.3 Å². The molecule has 2 rings (SSSR count). The molecule has 1 aromatic carbocycles. The molecule has 2 N–H and O–H groups in total. The van der Waals surface area contributed by atoms with Crippen LogP contribution in [0.25, 0.3) is 0 Å². The fourth-order valence-corrected chi connectivity index (χ4v) is 2.37. The average Bonchev–Trinajstić information content (AvgIpc) is 2.76. The van der Waals surface area contributed by atoms with E-state index in [1.54, 1.807) is 6.07 Å². The minimum Gasteiger partial charge on any atom is -0.380 e. The zero-order chi connectivity index (χ0) is 12.3. The zero-order valence-corrected chi connectivity index (χ0v) is 10.3. The monoisotopic (exact) mass is 253 g/mol. The fourth-order valence-electron chi connectivity index (χ4n) is 2.17. The van der Waals surface area contributed by atoms with E-state index < -0.39 is 5.60 Å². The smallest absolute Gasteiger partial charge is 0.252 e. The Labute approximate surface area is 106 Å². The summed E-state index contributed by atoms with van der Waals surface area (Å²) in [6.07, 6.45) is 2.94. The highest BCUT2D eigenvalue weighted by Gasteiger charge is 2.38. The van der Waals surface area contributed by atoms with Crippen molar-refractivity contribution < 1.29 is 9.90 Å². The van der Waals surface area contributed by atoms with Crippen LogP contribution < -0.4 is 5.32 Å². The second-order valence-electron chi connectivity index (χ2n) is 4.51. The predicted octanol–water partition coefficient (Wildman–Crippen LogP) is 2.26. The summed E-state index contributed by atoms with van der Waals surface area (Å²) in [6, 6.07) is 7.37. The van der Waals surface area contributed by atoms with Gasteiger partial charge in [0, 0.05) is 11.6 Å². The number of carbonyl (C=O) groups excluding carboxylic acids is 1. The lowest BCUT2D eigenvalue weighted by molar-refractivity contribution is -0.139. The minimum atomic E-state index is -1.17. The van der Waals surface area contributed by atoms with Crippen LogP contribution in [-0.2, 0) is 11.3 Å². The molecule has 0 spiro atoms. The van der Waals surface area contributed by atoms with E-state index in [0.29, 0.717) is 24.4 Å². The molecular weight excluding hydrogens is 238 g/mol. The SMILES string of the molecule is O=C(NCc1ccccc1Cl)C1(O)CCCC1. The van der Waals surface area contributed by atoms with Gasteiger partial charge in [0.15, 0.2) is 0 Å². The number of hydrogen-bond acceptors (Lipinski definition) is 2. The van der Waals surface area contributed by atoms with Crippen molar-refractivity contribution in [1.82, 2.24) is 5.32 Å². The Kier molecular flexibility index (Phi) is 3.69. The molecule has 1 aliphatic rings. The van der Waals surface area contributed by atoms with E-state index in [1.165, 1.54) is 0 Å². The van der Waals surface area contributed by atoms with Crippen molar-refractivity contribution in [2.45, 2.75) is 37.8 Å². The van der Waals surface area contributed by atoms with Crippen LogP contribution in [0.5, 0.6) is 0 Å². The highest BCUT2D eigenvalue weighted by Crippen LogP contribution is 2.29. The molecule has 92 valence electrons. The number of aliphatic hydroxyl groups is 1. The molecule has 17 heavy (non-hydrogen) atoms. The molecule has 0 aromatic heterocycles. The lowest BCUT2D eigenvalue weighted by Gasteiger charge is -2.21. The lowest BCUT2D eigenvalue weighted by Crippen LogP contribution is -2.44. The number of nitrogens with one attached hydrogen (secondary N) is 1. The molecule has 1 amide bonds. The van der Waals surface area contributed by atoms with E-state index >= 15 is 0 Å². The second-order valence-corrected chi connectivity index (χ2v) is 4.92. The normalized spacial score (nSPS) is 18.0. The summed E-state index contributed by atoms with van der Waals surface area (Å²) in [7, 11) is 0. The Morgan fingerprint density at radius 2 is 2.00 bits per heavy atom. The third-order valence-electron chi connectivity index (χ3n) is 3.25. The summed E-state index contributed by atoms with van der Waals surface area (Å²) >= 11 is 5.99. The first-order valence-electron chi connectivity index (χ1n) is 5.86. The molecule has 0 saturated heterocycles. The van der Waals surface area contributed by atoms with Gasteiger partial charge in [-0.25, -0.2) is 0 Å². The Morgan fingerprint density at radius 3 is 2.65 bits per heavy atom. The molecule has 0 unspecified atom stereocenters. The first kappa shape index (κ1) is 12.4. The number of halogens is 1. The van der Waals surface area contributed by atoms with E-state index in [4.69, 9.17) is 11.6 Å². The van der Waals surface area contributed by atoms with E-state index in [2.05, 4.69) is 5.32 Å². The van der Waals surface area contributed by atoms with E-state index in [1.807, 2.05) is 18.2 Å². The van der Waals surface area contributed by atoms with Crippen LogP contribution in [0.2, 0.25) is 5.02 Å². The van der Waals surface area contributed by atoms with Crippen LogP contribution in [0.15, 0.2) is 24.3 Å². The first-order valence-corrected chi connectivity index (χ1v) is 6.24. The third kappa shape index (κ3) is 2.79. The summed E-state index contributed by atoms with van der Waals surface area (Å²) in [6.45, 7) is 0.362. The maximum atomic E-state index is 11.8. The molecule has 1 aromatic rings. The van der Waals surface area contributed by atoms with Crippen LogP contribution in [0.4, 0.5) is 0 Å². The Morgan fingerprint density at radius 1 is 1.35 bits per heavy atom. The van der Waals surface area contributed by atoms with Gasteiger partial charge in [0.2, 0.25) is 0 Å². The van der Waals surface area contributed by atoms with Crippen molar-refractivity contribution in [3.8, 4) is 0 Å². The molecule has 3 nitrogen and oxygen atoms in total. The van der Waals surface area contributed by atoms with E-state index in [0.717, 1.165) is 18.4 Å². The summed E-state index contributed by atoms with van der Waals surface area (Å²) in [5, 5.41) is 13.4. The van der Waals surface area contributed by atoms with E-state index in [9.17, 15) is 9.90 Å². The maximum absolute atomic E-state index is 11.8. The van der Waals surface area contributed by atoms with Crippen LogP contribution in [0.1, 0.15) is 31.2 Å². The first-order chi connectivity index (χ1) is 8.12. The summed E-state index contributed by atoms with van der Waals surface area (Å²) < 4.78 is 0. The second kappa shape index (κ2) is 5.07. The maximum Gasteiger partial charge on any atom is 0.252 e. The molecular formula is C13H16ClNO2. The molecule has 1 aliphatic carbocycles. The molecule has 4 heteroatoms. The van der Waals surface area contributed by atoms with Gasteiger partial charge in [0.05, 0.1) is 0 Å². The van der Waals surface area contributed by atoms with Crippen LogP contribution in [0.3, 0.4) is 0 Å². The molecule has 0 radical (unpaired) electrons. The zero-order valence-electron chi connectivity index (χ0n) is 9.58. The van der Waals surface area contributed by atoms with Crippen LogP contribution in [0, 0.1) is 0 Å². The van der Waals surface area contributed by atoms with Gasteiger partial charge in [-0.3, -0.25) is 4.79 Å². The summed E-state index contributed by atoms with van der Waals surface area (Å²) in [4.78, 5) is 11.8. The largest absolute Gasteiger partial charge is 0.380 e. The van der Waals surface area contributed by atoms with E-state index in [-0.39, 0.29) is 5.91 Å². The number of rotatable bonds is 3. The lowest BCUT2D eigenvalue weighted by atomic mass is 10.0. The van der Waals surface area contributed by atoms with Gasteiger partial charge in [0.1, 0.15) is 5.60 Å². The standard InChI is InChI=1S/C13H16ClNO2/c14-11-6-2-1-5-10(11)9-15-12(16)13(17)7-3-4-8-13/h1-2,5-6,17H,3-4,7-9H2,(H,15,16). The molecule has 1 fully saturated rings. The van der Waals surface area contributed by atoms with Crippen molar-refractivity contribution in [2.75, 3.05) is 0 Å². The Bertz CT molecular complexity index is 414. The molecule has 0 aliphatic heterocycles. The highest BCUT2D eigenvalue weighted by atomic mass is 35.5. The van der Waals surface area contributed by atoms with Gasteiger partial charge in [-0.05, 0) is 37.3 Å². The number of benzene rings is 1. The number of carbonyl (C=O) groups is 1. The van der Waals surface area contributed by atoms with Crippen molar-refractivity contribution >= 4 is 17.5 Å².